The van der Waals surface area contributed by atoms with Gasteiger partial charge in [-0.25, -0.2) is 0 Å². The molecule has 4 aliphatic rings. The third-order valence-corrected chi connectivity index (χ3v) is 17.2. The van der Waals surface area contributed by atoms with Crippen LogP contribution < -0.4 is 20.6 Å². The van der Waals surface area contributed by atoms with E-state index in [4.69, 9.17) is 4.42 Å². The number of furan rings is 1. The van der Waals surface area contributed by atoms with E-state index in [1.165, 1.54) is 117 Å². The second-order valence-electron chi connectivity index (χ2n) is 21.6. The third kappa shape index (κ3) is 4.92. The van der Waals surface area contributed by atoms with Crippen LogP contribution in [0.1, 0.15) is 97.8 Å². The topological polar surface area (TPSA) is 19.6 Å². The van der Waals surface area contributed by atoms with Crippen LogP contribution in [0.3, 0.4) is 0 Å². The molecule has 13 rings (SSSR count). The lowest BCUT2D eigenvalue weighted by atomic mass is 9.42. The first-order valence-corrected chi connectivity index (χ1v) is 24.0. The lowest BCUT2D eigenvalue weighted by Crippen LogP contribution is -2.70. The molecule has 0 bridgehead atoms. The Morgan fingerprint density at radius 2 is 1.30 bits per heavy atom. The van der Waals surface area contributed by atoms with Gasteiger partial charge in [-0.05, 0) is 112 Å². The Hall–Kier alpha value is -5.78. The van der Waals surface area contributed by atoms with Gasteiger partial charge in [0.15, 0.2) is 0 Å². The predicted octanol–water partition coefficient (Wildman–Crippen LogP) is 15.2. The minimum Gasteiger partial charge on any atom is -0.455 e. The summed E-state index contributed by atoms with van der Waals surface area (Å²) >= 11 is 1.94. The molecule has 0 amide bonds. The molecule has 5 heterocycles. The summed E-state index contributed by atoms with van der Waals surface area (Å²) in [4.78, 5) is 5.64. The maximum atomic E-state index is 7.22. The largest absolute Gasteiger partial charge is 0.455 e. The van der Waals surface area contributed by atoms with E-state index in [9.17, 15) is 0 Å². The number of nitrogens with zero attached hydrogens (tertiary/aromatic N) is 2. The summed E-state index contributed by atoms with van der Waals surface area (Å²) in [6.45, 7) is 19.4. The van der Waals surface area contributed by atoms with Crippen LogP contribution >= 0.6 is 11.3 Å². The molecule has 310 valence electrons. The predicted molar refractivity (Wildman–Crippen MR) is 271 cm³/mol. The monoisotopic (exact) mass is 836 g/mol. The number of anilines is 4. The second-order valence-corrected chi connectivity index (χ2v) is 22.7. The van der Waals surface area contributed by atoms with Crippen LogP contribution in [0.15, 0.2) is 132 Å². The van der Waals surface area contributed by atoms with Crippen molar-refractivity contribution in [2.24, 2.45) is 0 Å². The maximum absolute atomic E-state index is 7.22. The second kappa shape index (κ2) is 12.5. The zero-order valence-electron chi connectivity index (χ0n) is 37.7. The Labute approximate surface area is 375 Å². The Morgan fingerprint density at radius 1 is 0.603 bits per heavy atom. The van der Waals surface area contributed by atoms with E-state index < -0.39 is 0 Å². The highest BCUT2D eigenvalue weighted by Gasteiger charge is 2.63. The molecule has 1 fully saturated rings. The zero-order valence-corrected chi connectivity index (χ0v) is 38.6. The molecule has 0 radical (unpaired) electrons. The summed E-state index contributed by atoms with van der Waals surface area (Å²) in [5.74, 6) is 0. The van der Waals surface area contributed by atoms with Crippen LogP contribution in [0.4, 0.5) is 22.7 Å². The molecular formula is C58H53BN2OS. The van der Waals surface area contributed by atoms with Gasteiger partial charge >= 0.3 is 6.85 Å². The van der Waals surface area contributed by atoms with Crippen LogP contribution in [-0.4, -0.2) is 12.4 Å². The molecule has 63 heavy (non-hydrogen) atoms. The van der Waals surface area contributed by atoms with Gasteiger partial charge in [0.05, 0.1) is 5.69 Å². The highest BCUT2D eigenvalue weighted by Crippen LogP contribution is 2.64. The maximum Gasteiger partial charge on any atom is 0.329 e. The molecule has 1 saturated carbocycles. The van der Waals surface area contributed by atoms with E-state index in [0.717, 1.165) is 23.0 Å². The molecule has 3 nitrogen and oxygen atoms in total. The van der Waals surface area contributed by atoms with Gasteiger partial charge in [0.1, 0.15) is 11.2 Å². The number of fused-ring (bicyclic) bond motifs is 14. The van der Waals surface area contributed by atoms with E-state index in [-0.39, 0.29) is 28.6 Å². The van der Waals surface area contributed by atoms with Crippen molar-refractivity contribution in [2.45, 2.75) is 103 Å². The third-order valence-electron chi connectivity index (χ3n) is 16.1. The molecule has 5 heteroatoms. The molecule has 3 aliphatic heterocycles. The van der Waals surface area contributed by atoms with Gasteiger partial charge in [-0.15, -0.1) is 11.3 Å². The van der Waals surface area contributed by atoms with E-state index in [1.54, 1.807) is 0 Å². The highest BCUT2D eigenvalue weighted by atomic mass is 32.1. The number of para-hydroxylation sites is 1. The first-order valence-electron chi connectivity index (χ1n) is 23.2. The summed E-state index contributed by atoms with van der Waals surface area (Å²) in [6, 6.07) is 48.9. The zero-order chi connectivity index (χ0) is 42.9. The van der Waals surface area contributed by atoms with Gasteiger partial charge in [-0.2, -0.15) is 0 Å². The van der Waals surface area contributed by atoms with Crippen molar-refractivity contribution in [1.82, 2.24) is 0 Å². The molecule has 7 aromatic carbocycles. The van der Waals surface area contributed by atoms with E-state index in [0.29, 0.717) is 0 Å². The van der Waals surface area contributed by atoms with Gasteiger partial charge in [0.2, 0.25) is 0 Å². The van der Waals surface area contributed by atoms with Crippen LogP contribution in [0.5, 0.6) is 0 Å². The van der Waals surface area contributed by atoms with E-state index in [2.05, 4.69) is 192 Å². The normalized spacial score (nSPS) is 20.2. The average molecular weight is 837 g/mol. The minimum absolute atomic E-state index is 0.0147. The molecule has 1 aliphatic carbocycles. The molecule has 0 saturated heterocycles. The van der Waals surface area contributed by atoms with E-state index >= 15 is 0 Å². The van der Waals surface area contributed by atoms with Crippen molar-refractivity contribution in [2.75, 3.05) is 9.71 Å². The van der Waals surface area contributed by atoms with Crippen molar-refractivity contribution in [1.29, 1.82) is 0 Å². The lowest BCUT2D eigenvalue weighted by molar-refractivity contribution is 0.199. The number of rotatable bonds is 2. The minimum atomic E-state index is -0.0978. The van der Waals surface area contributed by atoms with Crippen molar-refractivity contribution < 1.29 is 4.42 Å². The SMILES string of the molecule is CC(C)(C)c1ccc(N2c3cc4c(cc3B3c5c2cc2c(oc6ccccc62)c5-c2cc(C(C)(C)C)cc5c2N3C2(C)CCCCC52C)sc2ccccc24)c(-c2ccccc2)c1. The summed E-state index contributed by atoms with van der Waals surface area (Å²) in [5, 5.41) is 5.00. The summed E-state index contributed by atoms with van der Waals surface area (Å²) < 4.78 is 9.90. The van der Waals surface area contributed by atoms with Gasteiger partial charge in [-0.1, -0.05) is 140 Å². The Bertz CT molecular complexity index is 3440. The molecule has 2 unspecified atom stereocenters. The summed E-state index contributed by atoms with van der Waals surface area (Å²) in [7, 11) is 0. The number of benzene rings is 7. The van der Waals surface area contributed by atoms with Crippen LogP contribution in [0, 0.1) is 0 Å². The fourth-order valence-corrected chi connectivity index (χ4v) is 13.7. The van der Waals surface area contributed by atoms with Gasteiger partial charge in [-0.3, -0.25) is 0 Å². The Balaban J connectivity index is 1.24. The molecule has 2 atom stereocenters. The molecular weight excluding hydrogens is 784 g/mol. The molecule has 2 aromatic heterocycles. The number of hydrogen-bond acceptors (Lipinski definition) is 4. The standard InChI is InChI=1S/C58H53BN2OS/c1-55(2,3)35-24-25-45(39(28-35)34-18-10-9-11-19-34)60-46-31-40-38-21-13-15-23-49(38)63-50(40)33-44(46)59-52-47(60)32-41-37-20-12-14-22-48(37)62-54(41)51(52)42-29-36(56(4,5)6)30-43-53(42)61(59)58(8)27-17-16-26-57(43,58)7/h9-15,18-25,28-33H,16-17,26-27H2,1-8H3. The fourth-order valence-electron chi connectivity index (χ4n) is 12.5. The summed E-state index contributed by atoms with van der Waals surface area (Å²) in [5.41, 5.74) is 19.0. The van der Waals surface area contributed by atoms with Gasteiger partial charge in [0, 0.05) is 75.7 Å². The fraction of sp³-hybridized carbons (Fsp3) is 0.276. The van der Waals surface area contributed by atoms with Crippen molar-refractivity contribution in [3.05, 3.63) is 144 Å². The van der Waals surface area contributed by atoms with E-state index in [1.807, 2.05) is 11.3 Å². The van der Waals surface area contributed by atoms with Gasteiger partial charge in [0.25, 0.3) is 0 Å². The molecule has 0 N–H and O–H groups in total. The Kier molecular flexibility index (Phi) is 7.48. The quantitative estimate of drug-likeness (QED) is 0.162. The first kappa shape index (κ1) is 37.8. The number of hydrogen-bond donors (Lipinski definition) is 0. The van der Waals surface area contributed by atoms with Gasteiger partial charge < -0.3 is 14.1 Å². The smallest absolute Gasteiger partial charge is 0.329 e. The summed E-state index contributed by atoms with van der Waals surface area (Å²) in [6.07, 6.45) is 4.84. The number of thiophene rings is 1. The average Bonchev–Trinajstić information content (AvgIpc) is 3.89. The van der Waals surface area contributed by atoms with Crippen molar-refractivity contribution in [3.8, 4) is 22.3 Å². The Morgan fingerprint density at radius 3 is 2.10 bits per heavy atom. The molecule has 0 spiro atoms. The highest BCUT2D eigenvalue weighted by molar-refractivity contribution is 7.26. The molecule has 9 aromatic rings. The van der Waals surface area contributed by atoms with Crippen LogP contribution in [0.2, 0.25) is 0 Å². The van der Waals surface area contributed by atoms with Crippen molar-refractivity contribution >= 4 is 94.0 Å². The lowest BCUT2D eigenvalue weighted by Gasteiger charge is -2.55. The first-order chi connectivity index (χ1) is 30.2. The van der Waals surface area contributed by atoms with Crippen molar-refractivity contribution in [3.63, 3.8) is 0 Å². The van der Waals surface area contributed by atoms with Crippen LogP contribution in [-0.2, 0) is 16.2 Å². The van der Waals surface area contributed by atoms with Crippen LogP contribution in [0.25, 0.3) is 64.4 Å².